The summed E-state index contributed by atoms with van der Waals surface area (Å²) in [6, 6.07) is 3.25. The molecule has 0 aliphatic heterocycles. The van der Waals surface area contributed by atoms with Crippen LogP contribution in [0, 0.1) is 6.92 Å². The number of rotatable bonds is 3. The lowest BCUT2D eigenvalue weighted by molar-refractivity contribution is 0.102. The number of aryl methyl sites for hydroxylation is 1. The quantitative estimate of drug-likeness (QED) is 0.786. The minimum atomic E-state index is -0.413. The molecule has 0 radical (unpaired) electrons. The van der Waals surface area contributed by atoms with Gasteiger partial charge in [-0.1, -0.05) is 23.2 Å². The van der Waals surface area contributed by atoms with E-state index in [1.807, 2.05) is 0 Å². The van der Waals surface area contributed by atoms with Gasteiger partial charge < -0.3 is 5.32 Å². The third-order valence-corrected chi connectivity index (χ3v) is 3.34. The molecule has 0 aliphatic carbocycles. The molecule has 0 saturated carbocycles. The number of halogens is 2. The van der Waals surface area contributed by atoms with Gasteiger partial charge in [0.05, 0.1) is 21.9 Å². The highest BCUT2D eigenvalue weighted by Crippen LogP contribution is 2.25. The van der Waals surface area contributed by atoms with Gasteiger partial charge in [0.25, 0.3) is 5.91 Å². The van der Waals surface area contributed by atoms with Crippen molar-refractivity contribution in [3.05, 3.63) is 58.4 Å². The van der Waals surface area contributed by atoms with E-state index >= 15 is 0 Å². The smallest absolute Gasteiger partial charge is 0.277 e. The number of hydrogen-bond donors (Lipinski definition) is 1. The summed E-state index contributed by atoms with van der Waals surface area (Å²) in [6.07, 6.45) is 5.75. The van der Waals surface area contributed by atoms with Gasteiger partial charge in [-0.25, -0.2) is 9.97 Å². The summed E-state index contributed by atoms with van der Waals surface area (Å²) < 4.78 is 1.43. The topological polar surface area (TPSA) is 85.6 Å². The third-order valence-electron chi connectivity index (χ3n) is 2.86. The summed E-state index contributed by atoms with van der Waals surface area (Å²) in [5.41, 5.74) is 0.875. The zero-order chi connectivity index (χ0) is 16.4. The minimum absolute atomic E-state index is 0.188. The van der Waals surface area contributed by atoms with E-state index in [9.17, 15) is 4.79 Å². The molecule has 0 spiro atoms. The Kier molecular flexibility index (Phi) is 4.22. The zero-order valence-electron chi connectivity index (χ0n) is 11.9. The highest BCUT2D eigenvalue weighted by atomic mass is 35.5. The predicted molar refractivity (Wildman–Crippen MR) is 86.1 cm³/mol. The van der Waals surface area contributed by atoms with Crippen LogP contribution in [0.2, 0.25) is 10.0 Å². The predicted octanol–water partition coefficient (Wildman–Crippen LogP) is 2.92. The Balaban J connectivity index is 1.97. The van der Waals surface area contributed by atoms with E-state index in [0.29, 0.717) is 27.4 Å². The van der Waals surface area contributed by atoms with Crippen molar-refractivity contribution in [1.29, 1.82) is 0 Å². The molecule has 9 heteroatoms. The molecule has 23 heavy (non-hydrogen) atoms. The van der Waals surface area contributed by atoms with Crippen LogP contribution in [0.3, 0.4) is 0 Å². The van der Waals surface area contributed by atoms with Crippen molar-refractivity contribution in [1.82, 2.24) is 24.7 Å². The molecule has 3 aromatic heterocycles. The Hall–Kier alpha value is -2.51. The number of aromatic nitrogens is 5. The summed E-state index contributed by atoms with van der Waals surface area (Å²) in [5, 5.41) is 7.73. The molecule has 0 fully saturated rings. The molecule has 0 bridgehead atoms. The molecule has 116 valence electrons. The highest BCUT2D eigenvalue weighted by molar-refractivity contribution is 6.35. The Morgan fingerprint density at radius 3 is 2.70 bits per heavy atom. The summed E-state index contributed by atoms with van der Waals surface area (Å²) in [4.78, 5) is 24.2. The van der Waals surface area contributed by atoms with Crippen LogP contribution in [0.4, 0.5) is 5.82 Å². The summed E-state index contributed by atoms with van der Waals surface area (Å²) in [6.45, 7) is 1.79. The standard InChI is InChI=1S/C14H10Cl2N6O/c1-8-4-12(20-14(23)11-7-17-2-3-18-11)22(21-8)13-10(16)5-9(15)6-19-13/h2-7H,1H3,(H,20,23). The van der Waals surface area contributed by atoms with Crippen LogP contribution in [0.1, 0.15) is 16.2 Å². The Labute approximate surface area is 141 Å². The largest absolute Gasteiger partial charge is 0.305 e. The molecule has 3 heterocycles. The highest BCUT2D eigenvalue weighted by Gasteiger charge is 2.16. The molecule has 3 aromatic rings. The maximum atomic E-state index is 12.2. The van der Waals surface area contributed by atoms with Gasteiger partial charge in [0.2, 0.25) is 0 Å². The molecule has 1 amide bonds. The van der Waals surface area contributed by atoms with E-state index in [1.54, 1.807) is 19.1 Å². The number of nitrogens with one attached hydrogen (secondary N) is 1. The molecule has 0 aromatic carbocycles. The summed E-state index contributed by atoms with van der Waals surface area (Å²) >= 11 is 12.0. The lowest BCUT2D eigenvalue weighted by atomic mass is 10.4. The van der Waals surface area contributed by atoms with Gasteiger partial charge in [0, 0.05) is 24.7 Å². The fraction of sp³-hybridized carbons (Fsp3) is 0.0714. The lowest BCUT2D eigenvalue weighted by Gasteiger charge is -2.09. The monoisotopic (exact) mass is 348 g/mol. The number of hydrogen-bond acceptors (Lipinski definition) is 5. The number of anilines is 1. The number of carbonyl (C=O) groups is 1. The molecule has 7 nitrogen and oxygen atoms in total. The van der Waals surface area contributed by atoms with Crippen LogP contribution >= 0.6 is 23.2 Å². The van der Waals surface area contributed by atoms with Gasteiger partial charge in [0.15, 0.2) is 5.82 Å². The minimum Gasteiger partial charge on any atom is -0.305 e. The summed E-state index contributed by atoms with van der Waals surface area (Å²) in [5.74, 6) is 0.359. The van der Waals surface area contributed by atoms with Crippen molar-refractivity contribution in [3.8, 4) is 5.82 Å². The molecule has 1 N–H and O–H groups in total. The van der Waals surface area contributed by atoms with Crippen LogP contribution in [0.15, 0.2) is 36.9 Å². The van der Waals surface area contributed by atoms with Crippen LogP contribution in [0.25, 0.3) is 5.82 Å². The molecule has 0 aliphatic rings. The molecule has 0 atom stereocenters. The SMILES string of the molecule is Cc1cc(NC(=O)c2cnccn2)n(-c2ncc(Cl)cc2Cl)n1. The van der Waals surface area contributed by atoms with Gasteiger partial charge in [-0.15, -0.1) is 0 Å². The number of nitrogens with zero attached hydrogens (tertiary/aromatic N) is 5. The van der Waals surface area contributed by atoms with Crippen LogP contribution in [-0.4, -0.2) is 30.6 Å². The van der Waals surface area contributed by atoms with Crippen molar-refractivity contribution < 1.29 is 4.79 Å². The zero-order valence-corrected chi connectivity index (χ0v) is 13.4. The molecule has 0 saturated heterocycles. The van der Waals surface area contributed by atoms with E-state index in [0.717, 1.165) is 0 Å². The van der Waals surface area contributed by atoms with Gasteiger partial charge in [-0.05, 0) is 13.0 Å². The van der Waals surface area contributed by atoms with Crippen molar-refractivity contribution >= 4 is 34.9 Å². The second-order valence-corrected chi connectivity index (χ2v) is 5.43. The summed E-state index contributed by atoms with van der Waals surface area (Å²) in [7, 11) is 0. The van der Waals surface area contributed by atoms with E-state index in [4.69, 9.17) is 23.2 Å². The molecular weight excluding hydrogens is 339 g/mol. The number of pyridine rings is 1. The van der Waals surface area contributed by atoms with E-state index in [-0.39, 0.29) is 5.69 Å². The van der Waals surface area contributed by atoms with Crippen LogP contribution in [0.5, 0.6) is 0 Å². The maximum Gasteiger partial charge on any atom is 0.277 e. The second kappa shape index (κ2) is 6.31. The first-order valence-corrected chi connectivity index (χ1v) is 7.25. The maximum absolute atomic E-state index is 12.2. The fourth-order valence-electron chi connectivity index (χ4n) is 1.91. The van der Waals surface area contributed by atoms with Crippen molar-refractivity contribution in [2.24, 2.45) is 0 Å². The van der Waals surface area contributed by atoms with Gasteiger partial charge in [-0.3, -0.25) is 9.78 Å². The van der Waals surface area contributed by atoms with E-state index in [1.165, 1.54) is 29.5 Å². The van der Waals surface area contributed by atoms with Crippen molar-refractivity contribution in [2.75, 3.05) is 5.32 Å². The first kappa shape index (κ1) is 15.4. The lowest BCUT2D eigenvalue weighted by Crippen LogP contribution is -2.17. The molecule has 0 unspecified atom stereocenters. The van der Waals surface area contributed by atoms with E-state index < -0.39 is 5.91 Å². The van der Waals surface area contributed by atoms with Crippen molar-refractivity contribution in [3.63, 3.8) is 0 Å². The first-order chi connectivity index (χ1) is 11.0. The van der Waals surface area contributed by atoms with E-state index in [2.05, 4.69) is 25.4 Å². The fourth-order valence-corrected chi connectivity index (χ4v) is 2.37. The average Bonchev–Trinajstić information content (AvgIpc) is 2.88. The van der Waals surface area contributed by atoms with Crippen LogP contribution in [-0.2, 0) is 0 Å². The Morgan fingerprint density at radius 2 is 2.00 bits per heavy atom. The first-order valence-electron chi connectivity index (χ1n) is 6.50. The van der Waals surface area contributed by atoms with Gasteiger partial charge in [0.1, 0.15) is 11.5 Å². The third kappa shape index (κ3) is 3.30. The van der Waals surface area contributed by atoms with Crippen LogP contribution < -0.4 is 5.32 Å². The molecular formula is C14H10Cl2N6O. The number of carbonyl (C=O) groups excluding carboxylic acids is 1. The Bertz CT molecular complexity index is 865. The van der Waals surface area contributed by atoms with Gasteiger partial charge >= 0.3 is 0 Å². The number of amides is 1. The Morgan fingerprint density at radius 1 is 1.17 bits per heavy atom. The second-order valence-electron chi connectivity index (χ2n) is 4.59. The normalized spacial score (nSPS) is 10.6. The average molecular weight is 349 g/mol. The van der Waals surface area contributed by atoms with Crippen molar-refractivity contribution in [2.45, 2.75) is 6.92 Å². The van der Waals surface area contributed by atoms with Gasteiger partial charge in [-0.2, -0.15) is 9.78 Å². The molecule has 3 rings (SSSR count).